The van der Waals surface area contributed by atoms with Crippen LogP contribution in [-0.2, 0) is 0 Å². The van der Waals surface area contributed by atoms with Crippen LogP contribution in [0.1, 0.15) is 13.8 Å². The van der Waals surface area contributed by atoms with E-state index < -0.39 is 0 Å². The predicted molar refractivity (Wildman–Crippen MR) is 73.3 cm³/mol. The lowest BCUT2D eigenvalue weighted by atomic mass is 10.2. The molecule has 1 fully saturated rings. The highest BCUT2D eigenvalue weighted by molar-refractivity contribution is 5.49. The summed E-state index contributed by atoms with van der Waals surface area (Å²) in [7, 11) is 0. The number of anilines is 1. The first-order chi connectivity index (χ1) is 8.69. The fourth-order valence-electron chi connectivity index (χ4n) is 2.26. The van der Waals surface area contributed by atoms with Gasteiger partial charge in [0.25, 0.3) is 0 Å². The molecule has 0 amide bonds. The molecule has 2 N–H and O–H groups in total. The molecule has 1 saturated heterocycles. The molecule has 2 unspecified atom stereocenters. The maximum Gasteiger partial charge on any atom is 0.119 e. The minimum Gasteiger partial charge on any atom is -0.494 e. The van der Waals surface area contributed by atoms with E-state index in [1.54, 1.807) is 0 Å². The SMILES string of the molecule is CCOc1ccc(N2CC(O)CNC(C)C2)cc1. The standard InChI is InChI=1S/C14H22N2O2/c1-3-18-14-6-4-12(5-7-14)16-9-11(2)15-8-13(17)10-16/h4-7,11,13,15,17H,3,8-10H2,1-2H3. The van der Waals surface area contributed by atoms with Gasteiger partial charge in [0.15, 0.2) is 0 Å². The number of benzene rings is 1. The van der Waals surface area contributed by atoms with Crippen LogP contribution in [-0.4, -0.2) is 43.5 Å². The molecule has 1 aromatic rings. The number of nitrogens with zero attached hydrogens (tertiary/aromatic N) is 1. The Labute approximate surface area is 109 Å². The van der Waals surface area contributed by atoms with Gasteiger partial charge in [0.05, 0.1) is 12.7 Å². The van der Waals surface area contributed by atoms with Crippen molar-refractivity contribution in [1.29, 1.82) is 0 Å². The summed E-state index contributed by atoms with van der Waals surface area (Å²) in [6.07, 6.45) is -0.318. The van der Waals surface area contributed by atoms with E-state index >= 15 is 0 Å². The first kappa shape index (κ1) is 13.2. The maximum absolute atomic E-state index is 9.85. The van der Waals surface area contributed by atoms with Crippen molar-refractivity contribution in [3.63, 3.8) is 0 Å². The monoisotopic (exact) mass is 250 g/mol. The molecule has 1 heterocycles. The Morgan fingerprint density at radius 3 is 2.72 bits per heavy atom. The average molecular weight is 250 g/mol. The number of hydrogen-bond donors (Lipinski definition) is 2. The molecule has 0 bridgehead atoms. The van der Waals surface area contributed by atoms with E-state index in [9.17, 15) is 5.11 Å². The van der Waals surface area contributed by atoms with Crippen LogP contribution < -0.4 is 15.0 Å². The van der Waals surface area contributed by atoms with E-state index in [2.05, 4.69) is 29.3 Å². The number of β-amino-alcohol motifs (C(OH)–C–C–N with tert-alkyl or cyclic N) is 1. The van der Waals surface area contributed by atoms with Crippen LogP contribution in [0.4, 0.5) is 5.69 Å². The zero-order chi connectivity index (χ0) is 13.0. The van der Waals surface area contributed by atoms with Crippen molar-refractivity contribution >= 4 is 5.69 Å². The molecule has 2 atom stereocenters. The van der Waals surface area contributed by atoms with Gasteiger partial charge in [-0.15, -0.1) is 0 Å². The number of nitrogens with one attached hydrogen (secondary N) is 1. The normalized spacial score (nSPS) is 24.7. The Morgan fingerprint density at radius 2 is 2.06 bits per heavy atom. The van der Waals surface area contributed by atoms with E-state index in [0.29, 0.717) is 25.7 Å². The van der Waals surface area contributed by atoms with E-state index in [0.717, 1.165) is 18.0 Å². The first-order valence-electron chi connectivity index (χ1n) is 6.58. The van der Waals surface area contributed by atoms with Crippen LogP contribution in [0.2, 0.25) is 0 Å². The fourth-order valence-corrected chi connectivity index (χ4v) is 2.26. The van der Waals surface area contributed by atoms with Gasteiger partial charge in [0, 0.05) is 31.4 Å². The zero-order valence-corrected chi connectivity index (χ0v) is 11.1. The van der Waals surface area contributed by atoms with Gasteiger partial charge in [0.1, 0.15) is 5.75 Å². The molecule has 4 heteroatoms. The predicted octanol–water partition coefficient (Wildman–Crippen LogP) is 1.24. The van der Waals surface area contributed by atoms with Crippen LogP contribution in [0.25, 0.3) is 0 Å². The highest BCUT2D eigenvalue weighted by Gasteiger charge is 2.19. The van der Waals surface area contributed by atoms with Crippen molar-refractivity contribution in [1.82, 2.24) is 5.32 Å². The van der Waals surface area contributed by atoms with Crippen molar-refractivity contribution in [3.8, 4) is 5.75 Å². The van der Waals surface area contributed by atoms with Gasteiger partial charge in [-0.1, -0.05) is 0 Å². The second-order valence-electron chi connectivity index (χ2n) is 4.80. The summed E-state index contributed by atoms with van der Waals surface area (Å²) in [5.74, 6) is 0.891. The molecule has 2 rings (SSSR count). The van der Waals surface area contributed by atoms with Gasteiger partial charge in [-0.05, 0) is 38.1 Å². The largest absolute Gasteiger partial charge is 0.494 e. The Morgan fingerprint density at radius 1 is 1.33 bits per heavy atom. The Kier molecular flexibility index (Phi) is 4.44. The molecule has 0 radical (unpaired) electrons. The summed E-state index contributed by atoms with van der Waals surface area (Å²) in [4.78, 5) is 2.21. The lowest BCUT2D eigenvalue weighted by Gasteiger charge is -2.25. The molecular weight excluding hydrogens is 228 g/mol. The minimum atomic E-state index is -0.318. The number of aliphatic hydroxyl groups excluding tert-OH is 1. The lowest BCUT2D eigenvalue weighted by molar-refractivity contribution is 0.183. The van der Waals surface area contributed by atoms with Gasteiger partial charge in [-0.25, -0.2) is 0 Å². The quantitative estimate of drug-likeness (QED) is 0.847. The van der Waals surface area contributed by atoms with Crippen molar-refractivity contribution in [2.75, 3.05) is 31.1 Å². The molecule has 0 saturated carbocycles. The van der Waals surface area contributed by atoms with Gasteiger partial charge < -0.3 is 20.1 Å². The van der Waals surface area contributed by atoms with Crippen LogP contribution >= 0.6 is 0 Å². The Balaban J connectivity index is 2.08. The highest BCUT2D eigenvalue weighted by atomic mass is 16.5. The number of aliphatic hydroxyl groups is 1. The van der Waals surface area contributed by atoms with Crippen LogP contribution in [0, 0.1) is 0 Å². The van der Waals surface area contributed by atoms with Crippen LogP contribution in [0.5, 0.6) is 5.75 Å². The van der Waals surface area contributed by atoms with Gasteiger partial charge in [-0.2, -0.15) is 0 Å². The van der Waals surface area contributed by atoms with Crippen molar-refractivity contribution in [3.05, 3.63) is 24.3 Å². The third-order valence-corrected chi connectivity index (χ3v) is 3.14. The summed E-state index contributed by atoms with van der Waals surface area (Å²) >= 11 is 0. The smallest absolute Gasteiger partial charge is 0.119 e. The van der Waals surface area contributed by atoms with Crippen molar-refractivity contribution < 1.29 is 9.84 Å². The van der Waals surface area contributed by atoms with Crippen LogP contribution in [0.15, 0.2) is 24.3 Å². The van der Waals surface area contributed by atoms with E-state index in [-0.39, 0.29) is 6.10 Å². The number of hydrogen-bond acceptors (Lipinski definition) is 4. The van der Waals surface area contributed by atoms with Crippen LogP contribution in [0.3, 0.4) is 0 Å². The van der Waals surface area contributed by atoms with E-state index in [1.165, 1.54) is 0 Å². The molecule has 1 aliphatic rings. The number of ether oxygens (including phenoxy) is 1. The van der Waals surface area contributed by atoms with Gasteiger partial charge in [-0.3, -0.25) is 0 Å². The molecule has 1 aromatic carbocycles. The maximum atomic E-state index is 9.85. The Bertz CT molecular complexity index is 355. The molecule has 100 valence electrons. The molecule has 0 aliphatic carbocycles. The van der Waals surface area contributed by atoms with Gasteiger partial charge in [0.2, 0.25) is 0 Å². The summed E-state index contributed by atoms with van der Waals surface area (Å²) < 4.78 is 5.43. The fraction of sp³-hybridized carbons (Fsp3) is 0.571. The summed E-state index contributed by atoms with van der Waals surface area (Å²) in [6.45, 7) is 7.04. The third kappa shape index (κ3) is 3.37. The van der Waals surface area contributed by atoms with E-state index in [4.69, 9.17) is 4.74 Å². The minimum absolute atomic E-state index is 0.318. The third-order valence-electron chi connectivity index (χ3n) is 3.14. The molecule has 0 aromatic heterocycles. The van der Waals surface area contributed by atoms with Crippen molar-refractivity contribution in [2.24, 2.45) is 0 Å². The zero-order valence-electron chi connectivity index (χ0n) is 11.1. The van der Waals surface area contributed by atoms with E-state index in [1.807, 2.05) is 19.1 Å². The molecule has 0 spiro atoms. The summed E-state index contributed by atoms with van der Waals surface area (Å²) in [5.41, 5.74) is 1.13. The lowest BCUT2D eigenvalue weighted by Crippen LogP contribution is -2.35. The number of rotatable bonds is 3. The molecule has 4 nitrogen and oxygen atoms in total. The topological polar surface area (TPSA) is 44.7 Å². The first-order valence-corrected chi connectivity index (χ1v) is 6.58. The van der Waals surface area contributed by atoms with Crippen molar-refractivity contribution in [2.45, 2.75) is 26.0 Å². The average Bonchev–Trinajstić information content (AvgIpc) is 2.53. The molecule has 1 aliphatic heterocycles. The molecule has 18 heavy (non-hydrogen) atoms. The second kappa shape index (κ2) is 6.07. The van der Waals surface area contributed by atoms with Gasteiger partial charge >= 0.3 is 0 Å². The molecular formula is C14H22N2O2. The second-order valence-corrected chi connectivity index (χ2v) is 4.80. The Hall–Kier alpha value is -1.26. The highest BCUT2D eigenvalue weighted by Crippen LogP contribution is 2.20. The summed E-state index contributed by atoms with van der Waals surface area (Å²) in [5, 5.41) is 13.2. The summed E-state index contributed by atoms with van der Waals surface area (Å²) in [6, 6.07) is 8.45.